The predicted molar refractivity (Wildman–Crippen MR) is 139 cm³/mol. The average Bonchev–Trinajstić information content (AvgIpc) is 2.93. The zero-order chi connectivity index (χ0) is 23.2. The summed E-state index contributed by atoms with van der Waals surface area (Å²) in [5, 5.41) is 9.55. The van der Waals surface area contributed by atoms with Crippen LogP contribution in [0.25, 0.3) is 11.3 Å². The first-order valence-electron chi connectivity index (χ1n) is 12.2. The Morgan fingerprint density at radius 3 is 2.06 bits per heavy atom. The minimum absolute atomic E-state index is 0.164. The molecule has 0 atom stereocenters. The maximum Gasteiger partial charge on any atom is 0.233 e. The maximum atomic E-state index is 12.7. The fourth-order valence-electron chi connectivity index (χ4n) is 4.63. The molecule has 0 saturated carbocycles. The van der Waals surface area contributed by atoms with Gasteiger partial charge in [0.2, 0.25) is 5.91 Å². The highest BCUT2D eigenvalue weighted by Crippen LogP contribution is 2.25. The van der Waals surface area contributed by atoms with Crippen LogP contribution in [0.2, 0.25) is 0 Å². The normalized spacial score (nSPS) is 16.5. The SMILES string of the molecule is O=C(CSc1ccc(-c2ccc(N3CCCCC3)cc2)nn1)N1CCN(c2ccccc2)CC1. The third kappa shape index (κ3) is 5.53. The number of anilines is 2. The molecule has 2 fully saturated rings. The number of hydrogen-bond donors (Lipinski definition) is 0. The summed E-state index contributed by atoms with van der Waals surface area (Å²) in [5.74, 6) is 0.557. The van der Waals surface area contributed by atoms with E-state index in [4.69, 9.17) is 0 Å². The smallest absolute Gasteiger partial charge is 0.233 e. The lowest BCUT2D eigenvalue weighted by Crippen LogP contribution is -2.49. The highest BCUT2D eigenvalue weighted by molar-refractivity contribution is 7.99. The summed E-state index contributed by atoms with van der Waals surface area (Å²) in [4.78, 5) is 19.4. The Kier molecular flexibility index (Phi) is 7.29. The summed E-state index contributed by atoms with van der Waals surface area (Å²) < 4.78 is 0. The van der Waals surface area contributed by atoms with E-state index in [2.05, 4.69) is 68.5 Å². The average molecular weight is 474 g/mol. The monoisotopic (exact) mass is 473 g/mol. The first-order valence-corrected chi connectivity index (χ1v) is 13.1. The van der Waals surface area contributed by atoms with Crippen molar-refractivity contribution in [2.24, 2.45) is 0 Å². The predicted octanol–water partition coefficient (Wildman–Crippen LogP) is 4.57. The Hall–Kier alpha value is -3.06. The molecular weight excluding hydrogens is 442 g/mol. The molecule has 1 amide bonds. The summed E-state index contributed by atoms with van der Waals surface area (Å²) in [6, 6.07) is 23.0. The largest absolute Gasteiger partial charge is 0.372 e. The molecule has 0 aliphatic carbocycles. The highest BCUT2D eigenvalue weighted by atomic mass is 32.2. The molecule has 2 aromatic carbocycles. The molecule has 1 aromatic heterocycles. The van der Waals surface area contributed by atoms with E-state index in [1.54, 1.807) is 0 Å². The van der Waals surface area contributed by atoms with Crippen LogP contribution in [-0.4, -0.2) is 66.0 Å². The molecule has 0 bridgehead atoms. The van der Waals surface area contributed by atoms with Gasteiger partial charge in [0.25, 0.3) is 0 Å². The Labute approximate surface area is 206 Å². The summed E-state index contributed by atoms with van der Waals surface area (Å²) in [5.41, 5.74) is 4.43. The van der Waals surface area contributed by atoms with E-state index in [1.165, 1.54) is 42.4 Å². The summed E-state index contributed by atoms with van der Waals surface area (Å²) >= 11 is 1.46. The van der Waals surface area contributed by atoms with Gasteiger partial charge in [-0.1, -0.05) is 42.1 Å². The lowest BCUT2D eigenvalue weighted by atomic mass is 10.1. The van der Waals surface area contributed by atoms with Crippen LogP contribution < -0.4 is 9.80 Å². The molecule has 5 rings (SSSR count). The van der Waals surface area contributed by atoms with E-state index in [0.29, 0.717) is 5.75 Å². The lowest BCUT2D eigenvalue weighted by Gasteiger charge is -2.36. The topological polar surface area (TPSA) is 52.6 Å². The zero-order valence-corrected chi connectivity index (χ0v) is 20.3. The second kappa shape index (κ2) is 10.9. The van der Waals surface area contributed by atoms with Gasteiger partial charge in [-0.25, -0.2) is 0 Å². The minimum atomic E-state index is 0.164. The molecular formula is C27H31N5OS. The minimum Gasteiger partial charge on any atom is -0.372 e. The molecule has 2 aliphatic heterocycles. The van der Waals surface area contributed by atoms with Crippen molar-refractivity contribution in [1.82, 2.24) is 15.1 Å². The van der Waals surface area contributed by atoms with Gasteiger partial charge in [0.1, 0.15) is 5.03 Å². The standard InChI is InChI=1S/C27H31N5OS/c33-27(32-19-17-31(18-20-32)23-7-3-1-4-8-23)21-34-26-14-13-25(28-29-26)22-9-11-24(12-10-22)30-15-5-2-6-16-30/h1,3-4,7-14H,2,5-6,15-21H2. The number of benzene rings is 2. The van der Waals surface area contributed by atoms with Gasteiger partial charge in [-0.2, -0.15) is 0 Å². The number of thioether (sulfide) groups is 1. The number of amides is 1. The molecule has 176 valence electrons. The summed E-state index contributed by atoms with van der Waals surface area (Å²) in [6.45, 7) is 5.54. The van der Waals surface area contributed by atoms with Crippen molar-refractivity contribution in [3.05, 3.63) is 66.7 Å². The van der Waals surface area contributed by atoms with Crippen LogP contribution in [0.1, 0.15) is 19.3 Å². The second-order valence-corrected chi connectivity index (χ2v) is 9.84. The summed E-state index contributed by atoms with van der Waals surface area (Å²) in [7, 11) is 0. The maximum absolute atomic E-state index is 12.7. The molecule has 0 radical (unpaired) electrons. The van der Waals surface area contributed by atoms with Crippen molar-refractivity contribution in [2.45, 2.75) is 24.3 Å². The molecule has 0 unspecified atom stereocenters. The Morgan fingerprint density at radius 1 is 0.706 bits per heavy atom. The van der Waals surface area contributed by atoms with Gasteiger partial charge >= 0.3 is 0 Å². The lowest BCUT2D eigenvalue weighted by molar-refractivity contribution is -0.128. The van der Waals surface area contributed by atoms with Crippen molar-refractivity contribution in [3.8, 4) is 11.3 Å². The van der Waals surface area contributed by atoms with Crippen molar-refractivity contribution in [3.63, 3.8) is 0 Å². The number of nitrogens with zero attached hydrogens (tertiary/aromatic N) is 5. The van der Waals surface area contributed by atoms with Crippen molar-refractivity contribution < 1.29 is 4.79 Å². The number of carbonyl (C=O) groups excluding carboxylic acids is 1. The molecule has 7 heteroatoms. The van der Waals surface area contributed by atoms with E-state index >= 15 is 0 Å². The molecule has 34 heavy (non-hydrogen) atoms. The Balaban J connectivity index is 1.10. The Morgan fingerprint density at radius 2 is 1.38 bits per heavy atom. The summed E-state index contributed by atoms with van der Waals surface area (Å²) in [6.07, 6.45) is 3.89. The van der Waals surface area contributed by atoms with Crippen LogP contribution >= 0.6 is 11.8 Å². The molecule has 6 nitrogen and oxygen atoms in total. The molecule has 3 heterocycles. The number of piperidine rings is 1. The van der Waals surface area contributed by atoms with Crippen molar-refractivity contribution in [1.29, 1.82) is 0 Å². The third-order valence-electron chi connectivity index (χ3n) is 6.62. The van der Waals surface area contributed by atoms with E-state index in [1.807, 2.05) is 23.1 Å². The molecule has 2 saturated heterocycles. The number of carbonyl (C=O) groups is 1. The van der Waals surface area contributed by atoms with Gasteiger partial charge in [-0.05, 0) is 55.7 Å². The number of para-hydroxylation sites is 1. The molecule has 2 aliphatic rings. The van der Waals surface area contributed by atoms with E-state index < -0.39 is 0 Å². The fourth-order valence-corrected chi connectivity index (χ4v) is 5.34. The third-order valence-corrected chi connectivity index (χ3v) is 7.53. The Bertz CT molecular complexity index is 1060. The number of rotatable bonds is 6. The van der Waals surface area contributed by atoms with Crippen molar-refractivity contribution >= 4 is 29.0 Å². The number of hydrogen-bond acceptors (Lipinski definition) is 6. The van der Waals surface area contributed by atoms with E-state index in [9.17, 15) is 4.79 Å². The van der Waals surface area contributed by atoms with Gasteiger partial charge in [0, 0.05) is 56.2 Å². The quantitative estimate of drug-likeness (QED) is 0.489. The zero-order valence-electron chi connectivity index (χ0n) is 19.5. The molecule has 3 aromatic rings. The van der Waals surface area contributed by atoms with Crippen LogP contribution in [-0.2, 0) is 4.79 Å². The van der Waals surface area contributed by atoms with Crippen LogP contribution in [0.15, 0.2) is 71.8 Å². The van der Waals surface area contributed by atoms with Crippen LogP contribution in [0.4, 0.5) is 11.4 Å². The van der Waals surface area contributed by atoms with E-state index in [0.717, 1.165) is 55.6 Å². The number of piperazine rings is 1. The molecule has 0 N–H and O–H groups in total. The van der Waals surface area contributed by atoms with Gasteiger partial charge in [0.15, 0.2) is 0 Å². The number of aromatic nitrogens is 2. The van der Waals surface area contributed by atoms with Gasteiger partial charge in [-0.15, -0.1) is 10.2 Å². The van der Waals surface area contributed by atoms with Crippen LogP contribution in [0, 0.1) is 0 Å². The van der Waals surface area contributed by atoms with Gasteiger partial charge in [0.05, 0.1) is 11.4 Å². The van der Waals surface area contributed by atoms with Gasteiger partial charge < -0.3 is 14.7 Å². The van der Waals surface area contributed by atoms with Crippen LogP contribution in [0.5, 0.6) is 0 Å². The fraction of sp³-hybridized carbons (Fsp3) is 0.370. The van der Waals surface area contributed by atoms with E-state index in [-0.39, 0.29) is 5.91 Å². The van der Waals surface area contributed by atoms with Gasteiger partial charge in [-0.3, -0.25) is 4.79 Å². The van der Waals surface area contributed by atoms with Crippen molar-refractivity contribution in [2.75, 3.05) is 54.8 Å². The highest BCUT2D eigenvalue weighted by Gasteiger charge is 2.21. The van der Waals surface area contributed by atoms with Crippen LogP contribution in [0.3, 0.4) is 0 Å². The second-order valence-electron chi connectivity index (χ2n) is 8.84. The molecule has 0 spiro atoms. The first kappa shape index (κ1) is 22.7. The first-order chi connectivity index (χ1) is 16.8.